The zero-order valence-corrected chi connectivity index (χ0v) is 20.0. The van der Waals surface area contributed by atoms with Crippen LogP contribution in [-0.4, -0.2) is 53.2 Å². The Morgan fingerprint density at radius 3 is 2.14 bits per heavy atom. The van der Waals surface area contributed by atoms with E-state index in [0.717, 1.165) is 19.5 Å². The van der Waals surface area contributed by atoms with Crippen molar-refractivity contribution >= 4 is 23.2 Å². The molecule has 3 atom stereocenters. The van der Waals surface area contributed by atoms with Crippen LogP contribution < -0.4 is 16.0 Å². The largest absolute Gasteiger partial charge is 0.358 e. The number of hydrogen-bond donors (Lipinski definition) is 3. The van der Waals surface area contributed by atoms with Gasteiger partial charge in [-0.1, -0.05) is 47.5 Å². The zero-order valence-electron chi connectivity index (χ0n) is 19.2. The van der Waals surface area contributed by atoms with E-state index >= 15 is 0 Å². The molecule has 0 aromatic heterocycles. The highest BCUT2D eigenvalue weighted by Gasteiger charge is 2.34. The van der Waals surface area contributed by atoms with E-state index < -0.39 is 0 Å². The lowest BCUT2D eigenvalue weighted by atomic mass is 9.86. The van der Waals surface area contributed by atoms with E-state index in [2.05, 4.69) is 55.5 Å². The predicted molar refractivity (Wildman–Crippen MR) is 124 cm³/mol. The third-order valence-corrected chi connectivity index (χ3v) is 5.61. The van der Waals surface area contributed by atoms with E-state index in [9.17, 15) is 4.79 Å². The van der Waals surface area contributed by atoms with Crippen LogP contribution in [0.15, 0.2) is 0 Å². The summed E-state index contributed by atoms with van der Waals surface area (Å²) in [6.07, 6.45) is 7.22. The van der Waals surface area contributed by atoms with Gasteiger partial charge >= 0.3 is 0 Å². The highest BCUT2D eigenvalue weighted by atomic mass is 32.1. The van der Waals surface area contributed by atoms with Gasteiger partial charge in [-0.25, -0.2) is 0 Å². The molecule has 5 nitrogen and oxygen atoms in total. The van der Waals surface area contributed by atoms with E-state index in [4.69, 9.17) is 12.2 Å². The van der Waals surface area contributed by atoms with Crippen LogP contribution >= 0.6 is 12.2 Å². The maximum absolute atomic E-state index is 12.7. The third kappa shape index (κ3) is 8.24. The number of nitrogens with zero attached hydrogens (tertiary/aromatic N) is 1. The lowest BCUT2D eigenvalue weighted by Crippen LogP contribution is -2.60. The molecular weight excluding hydrogens is 368 g/mol. The third-order valence-electron chi connectivity index (χ3n) is 5.37. The molecule has 164 valence electrons. The van der Waals surface area contributed by atoms with Crippen molar-refractivity contribution in [2.45, 2.75) is 111 Å². The topological polar surface area (TPSA) is 56.4 Å². The molecule has 6 heteroatoms. The standard InChI is InChI=1S/C22H44N4OS/c1-8-14-26(15-9-2)18-13-11-10-12-17(18)24-21(28)25-19(22(5,6)7)20(27)23-16(3)4/h16-19H,8-15H2,1-7H3,(H,23,27)(H2,24,25,28). The predicted octanol–water partition coefficient (Wildman–Crippen LogP) is 3.82. The SMILES string of the molecule is CCCN(CCC)C1CCCCC1NC(=S)NC(C(=O)NC(C)C)C(C)(C)C. The second kappa shape index (κ2) is 12.0. The number of hydrogen-bond acceptors (Lipinski definition) is 3. The minimum Gasteiger partial charge on any atom is -0.358 e. The summed E-state index contributed by atoms with van der Waals surface area (Å²) in [5, 5.41) is 10.5. The van der Waals surface area contributed by atoms with Crippen molar-refractivity contribution in [3.63, 3.8) is 0 Å². The second-order valence-electron chi connectivity index (χ2n) is 9.57. The van der Waals surface area contributed by atoms with Gasteiger partial charge in [0.2, 0.25) is 5.91 Å². The summed E-state index contributed by atoms with van der Waals surface area (Å²) in [5.74, 6) is 0.00503. The van der Waals surface area contributed by atoms with Crippen molar-refractivity contribution in [2.24, 2.45) is 5.41 Å². The highest BCUT2D eigenvalue weighted by molar-refractivity contribution is 7.80. The van der Waals surface area contributed by atoms with Crippen LogP contribution in [0.5, 0.6) is 0 Å². The molecule has 1 aliphatic carbocycles. The molecular formula is C22H44N4OS. The smallest absolute Gasteiger partial charge is 0.243 e. The van der Waals surface area contributed by atoms with Gasteiger partial charge in [-0.2, -0.15) is 0 Å². The molecule has 0 bridgehead atoms. The van der Waals surface area contributed by atoms with Gasteiger partial charge in [0.25, 0.3) is 0 Å². The Bertz CT molecular complexity index is 483. The van der Waals surface area contributed by atoms with E-state index in [0.29, 0.717) is 17.2 Å². The average molecular weight is 413 g/mol. The molecule has 0 heterocycles. The van der Waals surface area contributed by atoms with Crippen molar-refractivity contribution < 1.29 is 4.79 Å². The minimum atomic E-state index is -0.362. The Kier molecular flexibility index (Phi) is 10.7. The van der Waals surface area contributed by atoms with Crippen molar-refractivity contribution in [1.82, 2.24) is 20.9 Å². The Morgan fingerprint density at radius 1 is 1.07 bits per heavy atom. The van der Waals surface area contributed by atoms with Gasteiger partial charge in [0.1, 0.15) is 6.04 Å². The van der Waals surface area contributed by atoms with Gasteiger partial charge < -0.3 is 16.0 Å². The summed E-state index contributed by atoms with van der Waals surface area (Å²) in [4.78, 5) is 15.3. The Labute approximate surface area is 178 Å². The number of thiocarbonyl (C=S) groups is 1. The number of nitrogens with one attached hydrogen (secondary N) is 3. The maximum Gasteiger partial charge on any atom is 0.243 e. The van der Waals surface area contributed by atoms with E-state index in [1.807, 2.05) is 13.8 Å². The molecule has 1 amide bonds. The van der Waals surface area contributed by atoms with Gasteiger partial charge in [0, 0.05) is 18.1 Å². The van der Waals surface area contributed by atoms with Crippen molar-refractivity contribution in [1.29, 1.82) is 0 Å². The first-order valence-corrected chi connectivity index (χ1v) is 11.6. The molecule has 0 aromatic carbocycles. The fourth-order valence-electron chi connectivity index (χ4n) is 4.12. The van der Waals surface area contributed by atoms with E-state index in [1.54, 1.807) is 0 Å². The number of carbonyl (C=O) groups is 1. The van der Waals surface area contributed by atoms with Crippen LogP contribution in [0.4, 0.5) is 0 Å². The van der Waals surface area contributed by atoms with Gasteiger partial charge in [0.05, 0.1) is 0 Å². The summed E-state index contributed by atoms with van der Waals surface area (Å²) in [6, 6.07) is 0.617. The quantitative estimate of drug-likeness (QED) is 0.503. The van der Waals surface area contributed by atoms with E-state index in [1.165, 1.54) is 32.1 Å². The molecule has 3 unspecified atom stereocenters. The fourth-order valence-corrected chi connectivity index (χ4v) is 4.39. The molecule has 1 aliphatic rings. The van der Waals surface area contributed by atoms with Crippen LogP contribution in [0.2, 0.25) is 0 Å². The Morgan fingerprint density at radius 2 is 1.64 bits per heavy atom. The summed E-state index contributed by atoms with van der Waals surface area (Å²) in [5.41, 5.74) is -0.229. The monoisotopic (exact) mass is 412 g/mol. The van der Waals surface area contributed by atoms with Gasteiger partial charge in [-0.05, 0) is 70.3 Å². The second-order valence-corrected chi connectivity index (χ2v) is 9.98. The first-order chi connectivity index (χ1) is 13.1. The summed E-state index contributed by atoms with van der Waals surface area (Å²) >= 11 is 5.66. The molecule has 0 aromatic rings. The fraction of sp³-hybridized carbons (Fsp3) is 0.909. The van der Waals surface area contributed by atoms with Gasteiger partial charge in [-0.3, -0.25) is 9.69 Å². The molecule has 0 aliphatic heterocycles. The average Bonchev–Trinajstić information content (AvgIpc) is 2.58. The van der Waals surface area contributed by atoms with E-state index in [-0.39, 0.29) is 23.4 Å². The zero-order chi connectivity index (χ0) is 21.3. The molecule has 1 rings (SSSR count). The summed E-state index contributed by atoms with van der Waals surface area (Å²) in [7, 11) is 0. The summed E-state index contributed by atoms with van der Waals surface area (Å²) in [6.45, 7) is 17.0. The van der Waals surface area contributed by atoms with Gasteiger partial charge in [-0.15, -0.1) is 0 Å². The first-order valence-electron chi connectivity index (χ1n) is 11.2. The normalized spacial score (nSPS) is 21.5. The molecule has 3 N–H and O–H groups in total. The molecule has 1 fully saturated rings. The molecule has 0 radical (unpaired) electrons. The lowest BCUT2D eigenvalue weighted by Gasteiger charge is -2.41. The number of rotatable bonds is 9. The number of carbonyl (C=O) groups excluding carboxylic acids is 1. The number of amides is 1. The lowest BCUT2D eigenvalue weighted by molar-refractivity contribution is -0.125. The molecule has 0 spiro atoms. The first kappa shape index (κ1) is 25.2. The van der Waals surface area contributed by atoms with Crippen LogP contribution in [0, 0.1) is 5.41 Å². The van der Waals surface area contributed by atoms with Crippen molar-refractivity contribution in [3.8, 4) is 0 Å². The highest BCUT2D eigenvalue weighted by Crippen LogP contribution is 2.24. The van der Waals surface area contributed by atoms with Crippen LogP contribution in [0.25, 0.3) is 0 Å². The molecule has 1 saturated carbocycles. The van der Waals surface area contributed by atoms with Crippen molar-refractivity contribution in [2.75, 3.05) is 13.1 Å². The summed E-state index contributed by atoms with van der Waals surface area (Å²) < 4.78 is 0. The Balaban J connectivity index is 2.81. The van der Waals surface area contributed by atoms with Crippen molar-refractivity contribution in [3.05, 3.63) is 0 Å². The van der Waals surface area contributed by atoms with Gasteiger partial charge in [0.15, 0.2) is 5.11 Å². The van der Waals surface area contributed by atoms with Crippen LogP contribution in [0.3, 0.4) is 0 Å². The molecule has 0 saturated heterocycles. The molecule has 28 heavy (non-hydrogen) atoms. The van der Waals surface area contributed by atoms with Crippen LogP contribution in [0.1, 0.15) is 87.0 Å². The minimum absolute atomic E-state index is 0.00503. The van der Waals surface area contributed by atoms with Crippen LogP contribution in [-0.2, 0) is 4.79 Å². The Hall–Kier alpha value is -0.880. The maximum atomic E-state index is 12.7.